The summed E-state index contributed by atoms with van der Waals surface area (Å²) in [4.78, 5) is 39.0. The number of fused-ring (bicyclic) bond motifs is 1. The maximum Gasteiger partial charge on any atom is 0.269 e. The number of amides is 2. The lowest BCUT2D eigenvalue weighted by Crippen LogP contribution is -2.23. The highest BCUT2D eigenvalue weighted by Crippen LogP contribution is 2.28. The Hall–Kier alpha value is -4.08. The second-order valence-corrected chi connectivity index (χ2v) is 6.13. The van der Waals surface area contributed by atoms with Crippen LogP contribution in [-0.4, -0.2) is 31.5 Å². The Bertz CT molecular complexity index is 1060. The molecule has 10 heteroatoms. The van der Waals surface area contributed by atoms with Crippen molar-refractivity contribution in [2.24, 2.45) is 0 Å². The maximum absolute atomic E-state index is 12.3. The highest BCUT2D eigenvalue weighted by atomic mass is 16.6. The average molecular weight is 378 g/mol. The molecule has 2 N–H and O–H groups in total. The largest absolute Gasteiger partial charge is 0.326 e. The first-order chi connectivity index (χ1) is 13.5. The molecule has 0 radical (unpaired) electrons. The summed E-state index contributed by atoms with van der Waals surface area (Å²) in [6, 6.07) is 13.9. The molecule has 140 valence electrons. The number of benzene rings is 2. The summed E-state index contributed by atoms with van der Waals surface area (Å²) in [6.45, 7) is 0. The van der Waals surface area contributed by atoms with E-state index in [0.29, 0.717) is 11.5 Å². The van der Waals surface area contributed by atoms with Gasteiger partial charge in [0.05, 0.1) is 11.3 Å². The molecule has 10 nitrogen and oxygen atoms in total. The quantitative estimate of drug-likeness (QED) is 0.517. The van der Waals surface area contributed by atoms with Crippen molar-refractivity contribution in [1.29, 1.82) is 0 Å². The zero-order valence-electron chi connectivity index (χ0n) is 14.4. The van der Waals surface area contributed by atoms with E-state index in [1.54, 1.807) is 0 Å². The Labute approximate surface area is 158 Å². The van der Waals surface area contributed by atoms with E-state index in [0.717, 1.165) is 5.56 Å². The van der Waals surface area contributed by atoms with Crippen LogP contribution in [0.1, 0.15) is 12.5 Å². The number of carbonyl (C=O) groups is 2. The first-order valence-electron chi connectivity index (χ1n) is 8.38. The zero-order valence-corrected chi connectivity index (χ0v) is 14.4. The molecule has 0 bridgehead atoms. The van der Waals surface area contributed by atoms with Crippen LogP contribution in [0.25, 0.3) is 11.4 Å². The summed E-state index contributed by atoms with van der Waals surface area (Å²) in [7, 11) is 0. The van der Waals surface area contributed by atoms with Crippen LogP contribution < -0.4 is 10.6 Å². The molecule has 28 heavy (non-hydrogen) atoms. The summed E-state index contributed by atoms with van der Waals surface area (Å²) in [6.07, 6.45) is -0.145. The first kappa shape index (κ1) is 17.3. The van der Waals surface area contributed by atoms with Crippen molar-refractivity contribution in [3.05, 3.63) is 64.7 Å². The molecule has 0 aliphatic carbocycles. The molecule has 0 saturated carbocycles. The van der Waals surface area contributed by atoms with Crippen molar-refractivity contribution in [3.63, 3.8) is 0 Å². The van der Waals surface area contributed by atoms with Gasteiger partial charge >= 0.3 is 0 Å². The lowest BCUT2D eigenvalue weighted by Gasteiger charge is -2.09. The van der Waals surface area contributed by atoms with Crippen LogP contribution in [0.5, 0.6) is 0 Å². The van der Waals surface area contributed by atoms with Crippen LogP contribution in [0.15, 0.2) is 54.6 Å². The number of hydrogen-bond acceptors (Lipinski definition) is 6. The second-order valence-electron chi connectivity index (χ2n) is 6.13. The highest BCUT2D eigenvalue weighted by molar-refractivity contribution is 6.01. The van der Waals surface area contributed by atoms with Gasteiger partial charge in [0, 0.05) is 23.4 Å². The molecular weight excluding hydrogens is 364 g/mol. The monoisotopic (exact) mass is 378 g/mol. The molecule has 1 aromatic heterocycles. The summed E-state index contributed by atoms with van der Waals surface area (Å²) >= 11 is 0. The number of anilines is 2. The van der Waals surface area contributed by atoms with Crippen molar-refractivity contribution in [3.8, 4) is 11.4 Å². The number of hydrogen-bond donors (Lipinski definition) is 2. The molecule has 0 fully saturated rings. The molecule has 0 saturated heterocycles. The fourth-order valence-electron chi connectivity index (χ4n) is 2.87. The number of aromatic nitrogens is 3. The fraction of sp³-hybridized carbons (Fsp3) is 0.111. The van der Waals surface area contributed by atoms with Crippen molar-refractivity contribution in [1.82, 2.24) is 14.8 Å². The Morgan fingerprint density at radius 1 is 1.18 bits per heavy atom. The lowest BCUT2D eigenvalue weighted by atomic mass is 10.2. The van der Waals surface area contributed by atoms with E-state index in [1.165, 1.54) is 28.9 Å². The van der Waals surface area contributed by atoms with E-state index in [-0.39, 0.29) is 24.0 Å². The van der Waals surface area contributed by atoms with Gasteiger partial charge in [0.1, 0.15) is 6.04 Å². The van der Waals surface area contributed by atoms with Crippen molar-refractivity contribution < 1.29 is 14.5 Å². The van der Waals surface area contributed by atoms with E-state index >= 15 is 0 Å². The molecule has 2 amide bonds. The van der Waals surface area contributed by atoms with Gasteiger partial charge in [-0.3, -0.25) is 25.0 Å². The number of non-ortho nitro benzene ring substituents is 1. The average Bonchev–Trinajstić information content (AvgIpc) is 3.22. The molecule has 2 aromatic carbocycles. The van der Waals surface area contributed by atoms with Crippen molar-refractivity contribution in [2.45, 2.75) is 12.5 Å². The van der Waals surface area contributed by atoms with Crippen LogP contribution in [0.4, 0.5) is 17.3 Å². The number of carbonyl (C=O) groups excluding carboxylic acids is 2. The number of nitrogens with zero attached hydrogens (tertiary/aromatic N) is 4. The Morgan fingerprint density at radius 2 is 1.89 bits per heavy atom. The van der Waals surface area contributed by atoms with Gasteiger partial charge in [0.15, 0.2) is 5.82 Å². The van der Waals surface area contributed by atoms with Gasteiger partial charge in [-0.25, -0.2) is 4.68 Å². The topological polar surface area (TPSA) is 132 Å². The van der Waals surface area contributed by atoms with Gasteiger partial charge in [0.25, 0.3) is 11.6 Å². The molecule has 4 rings (SSSR count). The maximum atomic E-state index is 12.3. The van der Waals surface area contributed by atoms with Crippen LogP contribution in [0.2, 0.25) is 0 Å². The molecule has 1 aliphatic rings. The van der Waals surface area contributed by atoms with Crippen LogP contribution in [-0.2, 0) is 9.59 Å². The van der Waals surface area contributed by atoms with E-state index in [9.17, 15) is 19.7 Å². The van der Waals surface area contributed by atoms with Crippen LogP contribution >= 0.6 is 0 Å². The van der Waals surface area contributed by atoms with Gasteiger partial charge in [-0.1, -0.05) is 30.3 Å². The van der Waals surface area contributed by atoms with Gasteiger partial charge in [-0.2, -0.15) is 4.98 Å². The Balaban J connectivity index is 1.48. The molecule has 3 aromatic rings. The summed E-state index contributed by atoms with van der Waals surface area (Å²) in [5.41, 5.74) is 1.12. The standard InChI is InChI=1S/C18H14N6O4/c25-15(19-12-6-8-13(9-7-12)24(27)28)10-14-17(26)21-18-20-16(22-23(14)18)11-4-2-1-3-5-11/h1-9,14H,10H2,(H,19,25)(H,20,21,22,26). The Kier molecular flexibility index (Phi) is 4.28. The SMILES string of the molecule is O=C(CC1C(=O)Nc2nc(-c3ccccc3)nn21)Nc1ccc([N+](=O)[O-])cc1. The third kappa shape index (κ3) is 3.30. The van der Waals surface area contributed by atoms with Crippen molar-refractivity contribution in [2.75, 3.05) is 10.6 Å². The zero-order chi connectivity index (χ0) is 19.7. The molecule has 1 aliphatic heterocycles. The summed E-state index contributed by atoms with van der Waals surface area (Å²) in [5.74, 6) is -0.0413. The van der Waals surface area contributed by atoms with Gasteiger partial charge < -0.3 is 5.32 Å². The number of nitro groups is 1. The van der Waals surface area contributed by atoms with Gasteiger partial charge in [-0.15, -0.1) is 5.10 Å². The fourth-order valence-corrected chi connectivity index (χ4v) is 2.87. The van der Waals surface area contributed by atoms with Crippen LogP contribution in [0.3, 0.4) is 0 Å². The number of nitrogens with one attached hydrogen (secondary N) is 2. The molecular formula is C18H14N6O4. The third-order valence-corrected chi connectivity index (χ3v) is 4.24. The molecule has 0 spiro atoms. The van der Waals surface area contributed by atoms with E-state index in [4.69, 9.17) is 0 Å². The van der Waals surface area contributed by atoms with E-state index in [1.807, 2.05) is 30.3 Å². The highest BCUT2D eigenvalue weighted by Gasteiger charge is 2.35. The summed E-state index contributed by atoms with van der Waals surface area (Å²) < 4.78 is 1.40. The number of rotatable bonds is 5. The molecule has 1 unspecified atom stereocenters. The second kappa shape index (κ2) is 6.91. The summed E-state index contributed by atoms with van der Waals surface area (Å²) in [5, 5.41) is 20.3. The normalized spacial score (nSPS) is 15.0. The predicted octanol–water partition coefficient (Wildman–Crippen LogP) is 2.38. The van der Waals surface area contributed by atoms with Gasteiger partial charge in [0.2, 0.25) is 11.9 Å². The van der Waals surface area contributed by atoms with Crippen molar-refractivity contribution >= 4 is 29.1 Å². The predicted molar refractivity (Wildman–Crippen MR) is 99.5 cm³/mol. The van der Waals surface area contributed by atoms with E-state index < -0.39 is 16.9 Å². The molecule has 2 heterocycles. The van der Waals surface area contributed by atoms with Crippen LogP contribution in [0, 0.1) is 10.1 Å². The lowest BCUT2D eigenvalue weighted by molar-refractivity contribution is -0.384. The minimum Gasteiger partial charge on any atom is -0.326 e. The minimum atomic E-state index is -0.821. The van der Waals surface area contributed by atoms with E-state index in [2.05, 4.69) is 20.7 Å². The Morgan fingerprint density at radius 3 is 2.57 bits per heavy atom. The number of nitro benzene ring substituents is 1. The smallest absolute Gasteiger partial charge is 0.269 e. The third-order valence-electron chi connectivity index (χ3n) is 4.24. The first-order valence-corrected chi connectivity index (χ1v) is 8.38. The molecule has 1 atom stereocenters. The minimum absolute atomic E-state index is 0.0751. The van der Waals surface area contributed by atoms with Gasteiger partial charge in [-0.05, 0) is 12.1 Å².